The van der Waals surface area contributed by atoms with Crippen LogP contribution in [0.25, 0.3) is 24.3 Å². The standard InChI is InChI=1S/C44H42F26O2/c1-3-5-7-9-11-13-19-71-31-23-28-18-16-26-22-29(33(45,46)35(49,50)37(53,54)39(57,58)41(61,62)43(65,66)67)25(15-17-27(31)24-32(28)72-20-14-12-10-8-6-4-2)21-30(26)34(47,48)36(51,52)38(55,56)40(59,60)42(63,64)44(68,69)70/h15-18,21-24H,3-14,19-20H2,1-2H3/b17-15?,18-16?,25-15-,26-16-,27-17-,28-18-. The van der Waals surface area contributed by atoms with Crippen LogP contribution in [0.4, 0.5) is 114 Å². The highest BCUT2D eigenvalue weighted by Gasteiger charge is 2.92. The molecule has 0 unspecified atom stereocenters. The molecule has 0 amide bonds. The molecular weight excluding hydrogens is 1050 g/mol. The summed E-state index contributed by atoms with van der Waals surface area (Å²) in [6, 6.07) is -0.488. The molecule has 2 nitrogen and oxygen atoms in total. The van der Waals surface area contributed by atoms with E-state index in [2.05, 4.69) is 0 Å². The van der Waals surface area contributed by atoms with Gasteiger partial charge in [0.1, 0.15) is 11.5 Å². The van der Waals surface area contributed by atoms with Crippen molar-refractivity contribution < 1.29 is 124 Å². The Kier molecular flexibility index (Phi) is 18.5. The number of alkyl halides is 26. The molecule has 2 aromatic carbocycles. The molecule has 0 heterocycles. The van der Waals surface area contributed by atoms with Crippen molar-refractivity contribution in [3.63, 3.8) is 0 Å². The molecule has 0 radical (unpaired) electrons. The van der Waals surface area contributed by atoms with Crippen LogP contribution in [-0.2, 0) is 11.8 Å². The summed E-state index contributed by atoms with van der Waals surface area (Å²) >= 11 is 0. The molecule has 0 aromatic heterocycles. The first-order chi connectivity index (χ1) is 32.5. The van der Waals surface area contributed by atoms with Gasteiger partial charge in [0, 0.05) is 21.6 Å². The van der Waals surface area contributed by atoms with Crippen LogP contribution in [0.3, 0.4) is 0 Å². The van der Waals surface area contributed by atoms with E-state index in [4.69, 9.17) is 9.47 Å². The summed E-state index contributed by atoms with van der Waals surface area (Å²) in [5.74, 6) is -83.2. The fourth-order valence-corrected chi connectivity index (χ4v) is 6.92. The van der Waals surface area contributed by atoms with Crippen LogP contribution in [0.15, 0.2) is 24.3 Å². The van der Waals surface area contributed by atoms with Gasteiger partial charge in [0.05, 0.1) is 13.2 Å². The van der Waals surface area contributed by atoms with Crippen LogP contribution in [-0.4, -0.2) is 72.9 Å². The smallest absolute Gasteiger partial charge is 0.460 e. The molecule has 0 N–H and O–H groups in total. The first-order valence-corrected chi connectivity index (χ1v) is 21.4. The lowest BCUT2D eigenvalue weighted by Gasteiger charge is -2.40. The molecule has 412 valence electrons. The average molecular weight is 1100 g/mol. The monoisotopic (exact) mass is 1100 g/mol. The van der Waals surface area contributed by atoms with Crippen LogP contribution in [0.2, 0.25) is 0 Å². The molecule has 0 spiro atoms. The van der Waals surface area contributed by atoms with E-state index in [0.29, 0.717) is 25.7 Å². The highest BCUT2D eigenvalue weighted by Crippen LogP contribution is 2.64. The number of hydrogen-bond acceptors (Lipinski definition) is 2. The summed E-state index contributed by atoms with van der Waals surface area (Å²) in [4.78, 5) is 0. The summed E-state index contributed by atoms with van der Waals surface area (Å²) in [7, 11) is 0. The van der Waals surface area contributed by atoms with Gasteiger partial charge in [0.15, 0.2) is 0 Å². The fourth-order valence-electron chi connectivity index (χ4n) is 6.92. The van der Waals surface area contributed by atoms with Crippen LogP contribution < -0.4 is 30.3 Å². The lowest BCUT2D eigenvalue weighted by atomic mass is 9.86. The molecule has 4 aliphatic rings. The molecule has 0 fully saturated rings. The van der Waals surface area contributed by atoms with E-state index in [9.17, 15) is 79.0 Å². The Hall–Kier alpha value is -4.30. The maximum absolute atomic E-state index is 16.0. The van der Waals surface area contributed by atoms with Crippen LogP contribution in [0, 0.1) is 0 Å². The van der Waals surface area contributed by atoms with Crippen molar-refractivity contribution in [2.45, 2.75) is 162 Å². The zero-order chi connectivity index (χ0) is 55.6. The second-order valence-corrected chi connectivity index (χ2v) is 16.6. The summed E-state index contributed by atoms with van der Waals surface area (Å²) in [6.07, 6.45) is -8.29. The summed E-state index contributed by atoms with van der Waals surface area (Å²) < 4.78 is 386. The Labute approximate surface area is 391 Å². The van der Waals surface area contributed by atoms with Gasteiger partial charge in [-0.1, -0.05) is 102 Å². The number of halogens is 26. The third-order valence-corrected chi connectivity index (χ3v) is 11.3. The van der Waals surface area contributed by atoms with Gasteiger partial charge >= 0.3 is 71.6 Å². The minimum Gasteiger partial charge on any atom is -0.493 e. The molecule has 28 heteroatoms. The van der Waals surface area contributed by atoms with Crippen molar-refractivity contribution in [3.05, 3.63) is 56.3 Å². The third-order valence-electron chi connectivity index (χ3n) is 11.3. The molecule has 2 aromatic rings. The lowest BCUT2D eigenvalue weighted by molar-refractivity contribution is -0.442. The number of rotatable bonds is 26. The van der Waals surface area contributed by atoms with Gasteiger partial charge in [-0.05, 0) is 47.5 Å². The lowest BCUT2D eigenvalue weighted by Crippen LogP contribution is -2.70. The number of ether oxygens (including phenoxy) is 2. The van der Waals surface area contributed by atoms with E-state index in [-0.39, 0.29) is 50.4 Å². The van der Waals surface area contributed by atoms with Crippen LogP contribution in [0.1, 0.15) is 102 Å². The zero-order valence-corrected chi connectivity index (χ0v) is 37.2. The van der Waals surface area contributed by atoms with Gasteiger partial charge in [-0.3, -0.25) is 0 Å². The second-order valence-electron chi connectivity index (χ2n) is 16.6. The van der Waals surface area contributed by atoms with E-state index in [0.717, 1.165) is 50.7 Å². The predicted molar refractivity (Wildman–Crippen MR) is 206 cm³/mol. The molecule has 0 atom stereocenters. The van der Waals surface area contributed by atoms with Crippen LogP contribution >= 0.6 is 0 Å². The molecule has 4 aliphatic carbocycles. The van der Waals surface area contributed by atoms with Crippen molar-refractivity contribution in [2.24, 2.45) is 0 Å². The highest BCUT2D eigenvalue weighted by atomic mass is 19.4. The van der Waals surface area contributed by atoms with E-state index < -0.39 is 127 Å². The topological polar surface area (TPSA) is 18.5 Å². The van der Waals surface area contributed by atoms with Gasteiger partial charge in [0.2, 0.25) is 0 Å². The van der Waals surface area contributed by atoms with Gasteiger partial charge in [-0.15, -0.1) is 0 Å². The zero-order valence-electron chi connectivity index (χ0n) is 37.2. The third kappa shape index (κ3) is 11.1. The van der Waals surface area contributed by atoms with Gasteiger partial charge in [-0.25, -0.2) is 0 Å². The summed E-state index contributed by atoms with van der Waals surface area (Å²) in [5, 5.41) is -6.16. The van der Waals surface area contributed by atoms with E-state index >= 15 is 35.1 Å². The minimum absolute atomic E-state index is 0.235. The Bertz CT molecular complexity index is 2250. The molecule has 0 saturated heterocycles. The van der Waals surface area contributed by atoms with Crippen molar-refractivity contribution >= 4 is 24.3 Å². The maximum Gasteiger partial charge on any atom is 0.460 e. The Morgan fingerprint density at radius 2 is 0.542 bits per heavy atom. The summed E-state index contributed by atoms with van der Waals surface area (Å²) in [6.45, 7) is 3.33. The Morgan fingerprint density at radius 1 is 0.292 bits per heavy atom. The van der Waals surface area contributed by atoms with Crippen LogP contribution in [0.5, 0.6) is 11.5 Å². The van der Waals surface area contributed by atoms with Crippen molar-refractivity contribution in [1.29, 1.82) is 0 Å². The normalized spacial score (nSPS) is 16.9. The molecule has 6 rings (SSSR count). The van der Waals surface area contributed by atoms with E-state index in [1.807, 2.05) is 13.8 Å². The minimum atomic E-state index is -8.59. The molecule has 72 heavy (non-hydrogen) atoms. The van der Waals surface area contributed by atoms with Gasteiger partial charge < -0.3 is 9.47 Å². The average Bonchev–Trinajstić information content (AvgIpc) is 3.25. The first-order valence-electron chi connectivity index (χ1n) is 21.4. The van der Waals surface area contributed by atoms with Gasteiger partial charge in [-0.2, -0.15) is 114 Å². The predicted octanol–water partition coefficient (Wildman–Crippen LogP) is 14.4. The number of benzene rings is 2. The highest BCUT2D eigenvalue weighted by molar-refractivity contribution is 5.69. The van der Waals surface area contributed by atoms with Crippen molar-refractivity contribution in [3.8, 4) is 11.5 Å². The van der Waals surface area contributed by atoms with E-state index in [1.54, 1.807) is 0 Å². The molecule has 0 saturated carbocycles. The molecule has 4 bridgehead atoms. The second kappa shape index (κ2) is 21.5. The largest absolute Gasteiger partial charge is 0.493 e. The first kappa shape index (κ1) is 62.0. The van der Waals surface area contributed by atoms with Crippen molar-refractivity contribution in [2.75, 3.05) is 13.2 Å². The van der Waals surface area contributed by atoms with Gasteiger partial charge in [0.25, 0.3) is 0 Å². The fraction of sp³-hybridized carbons (Fsp3) is 0.636. The molecule has 0 aliphatic heterocycles. The maximum atomic E-state index is 16.0. The SMILES string of the molecule is CCCCCCCCOc1c/c2c(OCCCCCCCC)c/c1=C/C=c1/cc(C(F)(F)C(F)(F)C(F)(F)C(F)(F)C(F)(F)C(F)(F)F)/c(cc1C(F)(F)C(F)(F)C(F)(F)C(F)(F)C(F)(F)C(F)(F)F)=C\C=2. The quantitative estimate of drug-likeness (QED) is 0.0690. The van der Waals surface area contributed by atoms with Crippen molar-refractivity contribution in [1.82, 2.24) is 0 Å². The summed E-state index contributed by atoms with van der Waals surface area (Å²) in [5.41, 5.74) is -6.41. The number of hydrogen-bond donors (Lipinski definition) is 0. The molecular formula is C44H42F26O2. The van der Waals surface area contributed by atoms with E-state index in [1.165, 1.54) is 0 Å². The number of unbranched alkanes of at least 4 members (excludes halogenated alkanes) is 10. The Balaban J connectivity index is 2.58. The Morgan fingerprint density at radius 3 is 0.819 bits per heavy atom.